The lowest BCUT2D eigenvalue weighted by Crippen LogP contribution is -2.22. The van der Waals surface area contributed by atoms with Gasteiger partial charge in [-0.05, 0) is 42.8 Å². The molecule has 1 N–H and O–H groups in total. The average molecular weight is 406 g/mol. The van der Waals surface area contributed by atoms with Gasteiger partial charge in [0.15, 0.2) is 11.7 Å². The minimum atomic E-state index is -3.52. The van der Waals surface area contributed by atoms with Gasteiger partial charge in [-0.2, -0.15) is 0 Å². The van der Waals surface area contributed by atoms with Gasteiger partial charge < -0.3 is 4.74 Å². The molecule has 0 fully saturated rings. The highest BCUT2D eigenvalue weighted by atomic mass is 32.2. The third-order valence-corrected chi connectivity index (χ3v) is 6.49. The SMILES string of the molecule is Cc1cccc(OCC(=O)Nc2nc3ccc(S(=O)(=O)N(C)C)cc3s2)c1. The highest BCUT2D eigenvalue weighted by Gasteiger charge is 2.18. The third-order valence-electron chi connectivity index (χ3n) is 3.74. The molecule has 27 heavy (non-hydrogen) atoms. The van der Waals surface area contributed by atoms with Gasteiger partial charge in [-0.15, -0.1) is 0 Å². The van der Waals surface area contributed by atoms with Gasteiger partial charge in [-0.3, -0.25) is 10.1 Å². The number of anilines is 1. The summed E-state index contributed by atoms with van der Waals surface area (Å²) in [6.07, 6.45) is 0. The Morgan fingerprint density at radius 2 is 2.00 bits per heavy atom. The molecule has 0 atom stereocenters. The largest absolute Gasteiger partial charge is 0.484 e. The van der Waals surface area contributed by atoms with Gasteiger partial charge in [0.25, 0.3) is 5.91 Å². The van der Waals surface area contributed by atoms with E-state index in [0.717, 1.165) is 9.87 Å². The lowest BCUT2D eigenvalue weighted by molar-refractivity contribution is -0.118. The summed E-state index contributed by atoms with van der Waals surface area (Å²) in [4.78, 5) is 16.6. The van der Waals surface area contributed by atoms with Crippen LogP contribution in [0, 0.1) is 6.92 Å². The Morgan fingerprint density at radius 3 is 2.70 bits per heavy atom. The van der Waals surface area contributed by atoms with Gasteiger partial charge in [-0.25, -0.2) is 17.7 Å². The van der Waals surface area contributed by atoms with Crippen LogP contribution in [0.5, 0.6) is 5.75 Å². The molecule has 0 radical (unpaired) electrons. The van der Waals surface area contributed by atoms with Crippen LogP contribution in [0.1, 0.15) is 5.56 Å². The molecule has 0 bridgehead atoms. The predicted octanol–water partition coefficient (Wildman–Crippen LogP) is 2.87. The first-order chi connectivity index (χ1) is 12.8. The number of aryl methyl sites for hydroxylation is 1. The average Bonchev–Trinajstić information content (AvgIpc) is 3.01. The molecule has 0 aliphatic heterocycles. The molecule has 142 valence electrons. The number of fused-ring (bicyclic) bond motifs is 1. The molecular formula is C18H19N3O4S2. The van der Waals surface area contributed by atoms with E-state index < -0.39 is 10.0 Å². The smallest absolute Gasteiger partial charge is 0.264 e. The molecule has 1 heterocycles. The first-order valence-corrected chi connectivity index (χ1v) is 10.3. The molecule has 0 aliphatic carbocycles. The number of carbonyl (C=O) groups is 1. The second-order valence-electron chi connectivity index (χ2n) is 6.09. The molecule has 2 aromatic carbocycles. The van der Waals surface area contributed by atoms with Crippen LogP contribution in [-0.2, 0) is 14.8 Å². The highest BCUT2D eigenvalue weighted by molar-refractivity contribution is 7.89. The molecule has 9 heteroatoms. The zero-order valence-electron chi connectivity index (χ0n) is 15.1. The van der Waals surface area contributed by atoms with Crippen molar-refractivity contribution in [3.05, 3.63) is 48.0 Å². The molecule has 0 spiro atoms. The number of hydrogen-bond donors (Lipinski definition) is 1. The maximum Gasteiger partial charge on any atom is 0.264 e. The Labute approximate surface area is 161 Å². The van der Waals surface area contributed by atoms with Crippen molar-refractivity contribution < 1.29 is 17.9 Å². The molecule has 0 saturated carbocycles. The maximum absolute atomic E-state index is 12.2. The summed E-state index contributed by atoms with van der Waals surface area (Å²) in [5.41, 5.74) is 1.66. The lowest BCUT2D eigenvalue weighted by Gasteiger charge is -2.10. The first-order valence-electron chi connectivity index (χ1n) is 8.08. The number of sulfonamides is 1. The van der Waals surface area contributed by atoms with Crippen molar-refractivity contribution >= 4 is 42.6 Å². The number of nitrogens with zero attached hydrogens (tertiary/aromatic N) is 2. The molecule has 7 nitrogen and oxygen atoms in total. The number of thiazole rings is 1. The second kappa shape index (κ2) is 7.63. The van der Waals surface area contributed by atoms with E-state index in [9.17, 15) is 13.2 Å². The van der Waals surface area contributed by atoms with E-state index >= 15 is 0 Å². The van der Waals surface area contributed by atoms with Crippen LogP contribution in [0.15, 0.2) is 47.4 Å². The minimum absolute atomic E-state index is 0.139. The lowest BCUT2D eigenvalue weighted by atomic mass is 10.2. The molecule has 0 unspecified atom stereocenters. The zero-order chi connectivity index (χ0) is 19.6. The molecule has 0 aliphatic rings. The van der Waals surface area contributed by atoms with Crippen LogP contribution in [0.3, 0.4) is 0 Å². The molecule has 1 aromatic heterocycles. The summed E-state index contributed by atoms with van der Waals surface area (Å²) in [5.74, 6) is 0.282. The quantitative estimate of drug-likeness (QED) is 0.681. The zero-order valence-corrected chi connectivity index (χ0v) is 16.7. The normalized spacial score (nSPS) is 11.7. The van der Waals surface area contributed by atoms with Crippen LogP contribution >= 0.6 is 11.3 Å². The fourth-order valence-electron chi connectivity index (χ4n) is 2.34. The van der Waals surface area contributed by atoms with Crippen molar-refractivity contribution in [2.45, 2.75) is 11.8 Å². The van der Waals surface area contributed by atoms with Gasteiger partial charge >= 0.3 is 0 Å². The second-order valence-corrected chi connectivity index (χ2v) is 9.27. The Bertz CT molecular complexity index is 1090. The topological polar surface area (TPSA) is 88.6 Å². The fraction of sp³-hybridized carbons (Fsp3) is 0.222. The number of carbonyl (C=O) groups excluding carboxylic acids is 1. The Kier molecular flexibility index (Phi) is 5.45. The van der Waals surface area contributed by atoms with Gasteiger partial charge in [0.05, 0.1) is 15.1 Å². The summed E-state index contributed by atoms with van der Waals surface area (Å²) >= 11 is 1.21. The number of ether oxygens (including phenoxy) is 1. The highest BCUT2D eigenvalue weighted by Crippen LogP contribution is 2.28. The fourth-order valence-corrected chi connectivity index (χ4v) is 4.26. The standard InChI is InChI=1S/C18H19N3O4S2/c1-12-5-4-6-13(9-12)25-11-17(22)20-18-19-15-8-7-14(10-16(15)26-18)27(23,24)21(2)3/h4-10H,11H2,1-3H3,(H,19,20,22). The van der Waals surface area contributed by atoms with Crippen LogP contribution in [0.4, 0.5) is 5.13 Å². The van der Waals surface area contributed by atoms with Gasteiger partial charge in [-0.1, -0.05) is 23.5 Å². The maximum atomic E-state index is 12.2. The molecule has 0 saturated heterocycles. The van der Waals surface area contributed by atoms with Crippen molar-refractivity contribution in [2.24, 2.45) is 0 Å². The van der Waals surface area contributed by atoms with Crippen molar-refractivity contribution in [3.8, 4) is 5.75 Å². The Balaban J connectivity index is 1.71. The van der Waals surface area contributed by atoms with Crippen molar-refractivity contribution in [3.63, 3.8) is 0 Å². The summed E-state index contributed by atoms with van der Waals surface area (Å²) in [6.45, 7) is 1.80. The molecular weight excluding hydrogens is 386 g/mol. The van der Waals surface area contributed by atoms with E-state index in [1.807, 2.05) is 25.1 Å². The number of benzene rings is 2. The monoisotopic (exact) mass is 405 g/mol. The minimum Gasteiger partial charge on any atom is -0.484 e. The molecule has 3 rings (SSSR count). The van der Waals surface area contributed by atoms with E-state index in [1.54, 1.807) is 18.2 Å². The van der Waals surface area contributed by atoms with Crippen LogP contribution < -0.4 is 10.1 Å². The number of rotatable bonds is 6. The number of hydrogen-bond acceptors (Lipinski definition) is 6. The van der Waals surface area contributed by atoms with E-state index in [2.05, 4.69) is 10.3 Å². The summed E-state index contributed by atoms with van der Waals surface area (Å²) in [6, 6.07) is 12.1. The first kappa shape index (κ1) is 19.3. The summed E-state index contributed by atoms with van der Waals surface area (Å²) in [7, 11) is -0.564. The third kappa shape index (κ3) is 4.44. The summed E-state index contributed by atoms with van der Waals surface area (Å²) < 4.78 is 31.7. The predicted molar refractivity (Wildman–Crippen MR) is 106 cm³/mol. The van der Waals surface area contributed by atoms with E-state index in [0.29, 0.717) is 21.1 Å². The van der Waals surface area contributed by atoms with E-state index in [4.69, 9.17) is 4.74 Å². The van der Waals surface area contributed by atoms with Gasteiger partial charge in [0, 0.05) is 14.1 Å². The Morgan fingerprint density at radius 1 is 1.22 bits per heavy atom. The number of aromatic nitrogens is 1. The van der Waals surface area contributed by atoms with Crippen LogP contribution in [0.2, 0.25) is 0 Å². The number of nitrogens with one attached hydrogen (secondary N) is 1. The molecule has 3 aromatic rings. The van der Waals surface area contributed by atoms with Crippen molar-refractivity contribution in [1.29, 1.82) is 0 Å². The van der Waals surface area contributed by atoms with Gasteiger partial charge in [0.1, 0.15) is 5.75 Å². The van der Waals surface area contributed by atoms with Gasteiger partial charge in [0.2, 0.25) is 10.0 Å². The van der Waals surface area contributed by atoms with Crippen LogP contribution in [0.25, 0.3) is 10.2 Å². The number of amides is 1. The van der Waals surface area contributed by atoms with E-state index in [1.165, 1.54) is 31.5 Å². The van der Waals surface area contributed by atoms with Crippen molar-refractivity contribution in [1.82, 2.24) is 9.29 Å². The van der Waals surface area contributed by atoms with Crippen molar-refractivity contribution in [2.75, 3.05) is 26.0 Å². The van der Waals surface area contributed by atoms with Crippen LogP contribution in [-0.4, -0.2) is 44.3 Å². The Hall–Kier alpha value is -2.49. The summed E-state index contributed by atoms with van der Waals surface area (Å²) in [5, 5.41) is 3.07. The van der Waals surface area contributed by atoms with E-state index in [-0.39, 0.29) is 17.4 Å². The molecule has 1 amide bonds.